The Kier molecular flexibility index (Phi) is 5.03. The molecule has 1 atom stereocenters. The van der Waals surface area contributed by atoms with Crippen LogP contribution < -0.4 is 0 Å². The molecule has 2 rings (SSSR count). The summed E-state index contributed by atoms with van der Waals surface area (Å²) >= 11 is 0. The maximum absolute atomic E-state index is 12.4. The van der Waals surface area contributed by atoms with Crippen molar-refractivity contribution in [3.05, 3.63) is 35.9 Å². The van der Waals surface area contributed by atoms with Crippen LogP contribution in [0.3, 0.4) is 0 Å². The molecule has 0 aromatic heterocycles. The van der Waals surface area contributed by atoms with Crippen molar-refractivity contribution in [2.75, 3.05) is 19.8 Å². The number of aliphatic carboxylic acids is 1. The van der Waals surface area contributed by atoms with E-state index in [1.54, 1.807) is 0 Å². The van der Waals surface area contributed by atoms with Gasteiger partial charge >= 0.3 is 12.1 Å². The van der Waals surface area contributed by atoms with Gasteiger partial charge in [-0.1, -0.05) is 30.3 Å². The Balaban J connectivity index is 2.05. The summed E-state index contributed by atoms with van der Waals surface area (Å²) in [6.45, 7) is 4.28. The van der Waals surface area contributed by atoms with Crippen LogP contribution in [0.15, 0.2) is 30.3 Å². The highest BCUT2D eigenvalue weighted by molar-refractivity contribution is 5.73. The van der Waals surface area contributed by atoms with E-state index in [0.29, 0.717) is 0 Å². The van der Waals surface area contributed by atoms with Gasteiger partial charge in [0.25, 0.3) is 0 Å². The lowest BCUT2D eigenvalue weighted by molar-refractivity contribution is -0.143. The minimum absolute atomic E-state index is 0.0793. The molecule has 0 aliphatic carbocycles. The Morgan fingerprint density at radius 2 is 2.05 bits per heavy atom. The molecule has 1 aliphatic heterocycles. The second kappa shape index (κ2) is 6.79. The Labute approximate surface area is 129 Å². The summed E-state index contributed by atoms with van der Waals surface area (Å²) in [6, 6.07) is 9.35. The summed E-state index contributed by atoms with van der Waals surface area (Å²) in [5.41, 5.74) is 0.271. The van der Waals surface area contributed by atoms with Gasteiger partial charge in [0.2, 0.25) is 0 Å². The topological polar surface area (TPSA) is 76.1 Å². The lowest BCUT2D eigenvalue weighted by atomic mass is 10.0. The number of nitrogens with zero attached hydrogens (tertiary/aromatic N) is 1. The van der Waals surface area contributed by atoms with Gasteiger partial charge in [-0.15, -0.1) is 0 Å². The van der Waals surface area contributed by atoms with Gasteiger partial charge in [-0.05, 0) is 19.4 Å². The van der Waals surface area contributed by atoms with Gasteiger partial charge in [0, 0.05) is 6.54 Å². The van der Waals surface area contributed by atoms with Crippen molar-refractivity contribution in [2.24, 2.45) is 5.92 Å². The highest BCUT2D eigenvalue weighted by Gasteiger charge is 2.38. The molecule has 1 amide bonds. The molecule has 6 nitrogen and oxygen atoms in total. The number of rotatable bonds is 3. The zero-order valence-corrected chi connectivity index (χ0v) is 12.8. The van der Waals surface area contributed by atoms with Gasteiger partial charge in [-0.25, -0.2) is 4.79 Å². The van der Waals surface area contributed by atoms with Crippen LogP contribution in [-0.4, -0.2) is 47.4 Å². The van der Waals surface area contributed by atoms with Gasteiger partial charge in [0.05, 0.1) is 24.7 Å². The van der Waals surface area contributed by atoms with Crippen molar-refractivity contribution in [1.29, 1.82) is 0 Å². The Hall–Kier alpha value is -2.08. The highest BCUT2D eigenvalue weighted by Crippen LogP contribution is 2.23. The number of carboxylic acids is 1. The van der Waals surface area contributed by atoms with Crippen LogP contribution in [0.1, 0.15) is 19.4 Å². The maximum atomic E-state index is 12.4. The number of ether oxygens (including phenoxy) is 2. The van der Waals surface area contributed by atoms with Gasteiger partial charge in [-0.3, -0.25) is 9.69 Å². The molecule has 1 aromatic carbocycles. The van der Waals surface area contributed by atoms with E-state index in [9.17, 15) is 14.7 Å². The number of benzene rings is 1. The number of amides is 1. The van der Waals surface area contributed by atoms with Crippen LogP contribution in [0, 0.1) is 5.92 Å². The van der Waals surface area contributed by atoms with Crippen LogP contribution in [0.4, 0.5) is 4.79 Å². The molecule has 1 N–H and O–H groups in total. The molecule has 1 aliphatic rings. The second-order valence-corrected chi connectivity index (χ2v) is 6.01. The largest absolute Gasteiger partial charge is 0.481 e. The van der Waals surface area contributed by atoms with Crippen LogP contribution >= 0.6 is 0 Å². The molecule has 0 bridgehead atoms. The quantitative estimate of drug-likeness (QED) is 0.926. The van der Waals surface area contributed by atoms with E-state index in [-0.39, 0.29) is 26.4 Å². The van der Waals surface area contributed by atoms with Crippen LogP contribution in [0.2, 0.25) is 0 Å². The molecule has 1 fully saturated rings. The first-order valence-electron chi connectivity index (χ1n) is 7.19. The van der Waals surface area contributed by atoms with Crippen molar-refractivity contribution in [3.63, 3.8) is 0 Å². The molecular formula is C16H21NO5. The van der Waals surface area contributed by atoms with E-state index >= 15 is 0 Å². The average Bonchev–Trinajstić information content (AvgIpc) is 2.64. The van der Waals surface area contributed by atoms with Crippen LogP contribution in [0.25, 0.3) is 0 Å². The van der Waals surface area contributed by atoms with Crippen molar-refractivity contribution in [1.82, 2.24) is 4.90 Å². The molecule has 0 spiro atoms. The van der Waals surface area contributed by atoms with Gasteiger partial charge in [0.15, 0.2) is 0 Å². The van der Waals surface area contributed by atoms with Crippen molar-refractivity contribution in [3.8, 4) is 0 Å². The summed E-state index contributed by atoms with van der Waals surface area (Å²) in [7, 11) is 0. The molecule has 22 heavy (non-hydrogen) atoms. The Morgan fingerprint density at radius 1 is 1.36 bits per heavy atom. The number of carbonyl (C=O) groups excluding carboxylic acids is 1. The summed E-state index contributed by atoms with van der Waals surface area (Å²) in [5, 5.41) is 9.18. The predicted octanol–water partition coefficient (Wildman–Crippen LogP) is 2.13. The fourth-order valence-electron chi connectivity index (χ4n) is 2.32. The number of carboxylic acid groups (broad SMARTS) is 1. The molecule has 6 heteroatoms. The first-order chi connectivity index (χ1) is 10.4. The first-order valence-corrected chi connectivity index (χ1v) is 7.19. The normalized spacial score (nSPS) is 21.0. The summed E-state index contributed by atoms with van der Waals surface area (Å²) in [5.74, 6) is -1.72. The summed E-state index contributed by atoms with van der Waals surface area (Å²) in [4.78, 5) is 25.0. The summed E-state index contributed by atoms with van der Waals surface area (Å²) in [6.07, 6.45) is -0.523. The van der Waals surface area contributed by atoms with Crippen molar-refractivity contribution < 1.29 is 24.2 Å². The van der Waals surface area contributed by atoms with Crippen LogP contribution in [-0.2, 0) is 20.9 Å². The van der Waals surface area contributed by atoms with E-state index in [2.05, 4.69) is 0 Å². The molecule has 0 radical (unpaired) electrons. The first kappa shape index (κ1) is 16.3. The third kappa shape index (κ3) is 3.98. The third-order valence-electron chi connectivity index (χ3n) is 3.68. The standard InChI is InChI=1S/C16H21NO5/c1-16(2)11-21-10-13(14(18)19)8-17(16)15(20)22-9-12-6-4-3-5-7-12/h3-7,13H,8-11H2,1-2H3,(H,18,19). The van der Waals surface area contributed by atoms with E-state index in [4.69, 9.17) is 9.47 Å². The molecule has 120 valence electrons. The Morgan fingerprint density at radius 3 is 2.68 bits per heavy atom. The Bertz CT molecular complexity index is 529. The molecule has 0 saturated carbocycles. The minimum Gasteiger partial charge on any atom is -0.481 e. The molecular weight excluding hydrogens is 286 g/mol. The summed E-state index contributed by atoms with van der Waals surface area (Å²) < 4.78 is 10.7. The monoisotopic (exact) mass is 307 g/mol. The molecule has 1 heterocycles. The fraction of sp³-hybridized carbons (Fsp3) is 0.500. The average molecular weight is 307 g/mol. The number of hydrogen-bond acceptors (Lipinski definition) is 4. The van der Waals surface area contributed by atoms with Gasteiger partial charge in [0.1, 0.15) is 6.61 Å². The zero-order valence-electron chi connectivity index (χ0n) is 12.8. The molecule has 1 saturated heterocycles. The zero-order chi connectivity index (χ0) is 16.2. The van der Waals surface area contributed by atoms with E-state index < -0.39 is 23.5 Å². The molecule has 1 unspecified atom stereocenters. The SMILES string of the molecule is CC1(C)COCC(C(=O)O)CN1C(=O)OCc1ccccc1. The van der Waals surface area contributed by atoms with E-state index in [1.165, 1.54) is 4.90 Å². The predicted molar refractivity (Wildman–Crippen MR) is 79.4 cm³/mol. The highest BCUT2D eigenvalue weighted by atomic mass is 16.6. The second-order valence-electron chi connectivity index (χ2n) is 6.01. The number of carbonyl (C=O) groups is 2. The van der Waals surface area contributed by atoms with Crippen LogP contribution in [0.5, 0.6) is 0 Å². The van der Waals surface area contributed by atoms with Gasteiger partial charge in [-0.2, -0.15) is 0 Å². The lowest BCUT2D eigenvalue weighted by Gasteiger charge is -2.35. The van der Waals surface area contributed by atoms with E-state index in [0.717, 1.165) is 5.56 Å². The minimum atomic E-state index is -0.974. The fourth-order valence-corrected chi connectivity index (χ4v) is 2.32. The maximum Gasteiger partial charge on any atom is 0.410 e. The number of hydrogen-bond donors (Lipinski definition) is 1. The third-order valence-corrected chi connectivity index (χ3v) is 3.68. The van der Waals surface area contributed by atoms with E-state index in [1.807, 2.05) is 44.2 Å². The smallest absolute Gasteiger partial charge is 0.410 e. The van der Waals surface area contributed by atoms with Crippen molar-refractivity contribution >= 4 is 12.1 Å². The molecule has 1 aromatic rings. The lowest BCUT2D eigenvalue weighted by Crippen LogP contribution is -2.51. The van der Waals surface area contributed by atoms with Gasteiger partial charge < -0.3 is 14.6 Å². The van der Waals surface area contributed by atoms with Crippen molar-refractivity contribution in [2.45, 2.75) is 26.0 Å².